The van der Waals surface area contributed by atoms with Crippen molar-refractivity contribution in [1.82, 2.24) is 19.6 Å². The highest BCUT2D eigenvalue weighted by Crippen LogP contribution is 2.34. The average molecular weight is 567 g/mol. The maximum atomic E-state index is 12.6. The summed E-state index contributed by atoms with van der Waals surface area (Å²) in [6.45, 7) is 2.53. The lowest BCUT2D eigenvalue weighted by Crippen LogP contribution is -2.49. The van der Waals surface area contributed by atoms with Crippen LogP contribution in [0.2, 0.25) is 5.02 Å². The predicted molar refractivity (Wildman–Crippen MR) is 151 cm³/mol. The molecule has 0 saturated carbocycles. The Morgan fingerprint density at radius 1 is 1.02 bits per heavy atom. The summed E-state index contributed by atoms with van der Waals surface area (Å²) in [5.41, 5.74) is 2.85. The van der Waals surface area contributed by atoms with Crippen molar-refractivity contribution < 1.29 is 24.2 Å². The molecule has 11 nitrogen and oxygen atoms in total. The van der Waals surface area contributed by atoms with Crippen LogP contribution >= 0.6 is 11.6 Å². The van der Waals surface area contributed by atoms with Gasteiger partial charge in [-0.05, 0) is 55.0 Å². The third-order valence-electron chi connectivity index (χ3n) is 7.30. The van der Waals surface area contributed by atoms with Crippen molar-refractivity contribution in [1.29, 1.82) is 0 Å². The zero-order valence-electron chi connectivity index (χ0n) is 22.0. The second-order valence-electron chi connectivity index (χ2n) is 9.96. The second kappa shape index (κ2) is 12.0. The minimum Gasteiger partial charge on any atom is -0.492 e. The molecule has 2 bridgehead atoms. The fourth-order valence-electron chi connectivity index (χ4n) is 5.36. The van der Waals surface area contributed by atoms with Gasteiger partial charge in [0.1, 0.15) is 12.4 Å². The Hall–Kier alpha value is -4.09. The smallest absolute Gasteiger partial charge is 0.323 e. The molecule has 0 spiro atoms. The molecule has 2 fully saturated rings. The minimum absolute atomic E-state index is 0.0477. The molecule has 3 heterocycles. The fourth-order valence-corrected chi connectivity index (χ4v) is 5.48. The number of piperazine rings is 1. The number of urea groups is 1. The maximum Gasteiger partial charge on any atom is 0.323 e. The van der Waals surface area contributed by atoms with Crippen LogP contribution in [0.1, 0.15) is 19.3 Å². The molecule has 12 heteroatoms. The first-order valence-electron chi connectivity index (χ1n) is 13.1. The highest BCUT2D eigenvalue weighted by molar-refractivity contribution is 6.30. The van der Waals surface area contributed by atoms with Gasteiger partial charge in [0.2, 0.25) is 5.91 Å². The molecule has 2 saturated heterocycles. The van der Waals surface area contributed by atoms with Crippen LogP contribution in [-0.2, 0) is 16.6 Å². The number of nitrogens with one attached hydrogen (secondary N) is 2. The topological polar surface area (TPSA) is 129 Å². The van der Waals surface area contributed by atoms with Gasteiger partial charge in [-0.25, -0.2) is 4.79 Å². The normalized spacial score (nSPS) is 18.1. The first-order chi connectivity index (χ1) is 19.3. The molecule has 3 aromatic rings. The second-order valence-corrected chi connectivity index (χ2v) is 10.4. The van der Waals surface area contributed by atoms with Crippen LogP contribution in [0, 0.1) is 0 Å². The van der Waals surface area contributed by atoms with Crippen LogP contribution in [0.25, 0.3) is 11.3 Å². The van der Waals surface area contributed by atoms with Crippen molar-refractivity contribution in [2.75, 3.05) is 36.9 Å². The van der Waals surface area contributed by atoms with Crippen LogP contribution in [-0.4, -0.2) is 80.9 Å². The number of benzene rings is 2. The van der Waals surface area contributed by atoms with Gasteiger partial charge in [-0.15, -0.1) is 0 Å². The summed E-state index contributed by atoms with van der Waals surface area (Å²) < 4.78 is 7.97. The molecule has 3 N–H and O–H groups in total. The van der Waals surface area contributed by atoms with Crippen molar-refractivity contribution in [2.45, 2.75) is 31.3 Å². The molecule has 2 aliphatic heterocycles. The number of hydrogen-bond acceptors (Lipinski definition) is 6. The number of carbonyl (C=O) groups excluding carboxylic acids is 2. The number of aliphatic carboxylic acids is 1. The Balaban J connectivity index is 1.19. The molecule has 1 aromatic heterocycles. The van der Waals surface area contributed by atoms with Crippen LogP contribution in [0.5, 0.6) is 5.75 Å². The molecule has 0 aliphatic carbocycles. The van der Waals surface area contributed by atoms with Crippen molar-refractivity contribution in [2.24, 2.45) is 7.05 Å². The highest BCUT2D eigenvalue weighted by atomic mass is 35.5. The first-order valence-corrected chi connectivity index (χ1v) is 13.5. The van der Waals surface area contributed by atoms with Crippen LogP contribution in [0.4, 0.5) is 16.2 Å². The number of anilines is 2. The molecule has 5 rings (SSSR count). The van der Waals surface area contributed by atoms with Crippen molar-refractivity contribution >= 4 is 40.9 Å². The Bertz CT molecular complexity index is 1390. The van der Waals surface area contributed by atoms with E-state index in [0.717, 1.165) is 24.2 Å². The molecule has 0 radical (unpaired) electrons. The van der Waals surface area contributed by atoms with E-state index in [1.54, 1.807) is 41.2 Å². The van der Waals surface area contributed by atoms with Gasteiger partial charge in [0, 0.05) is 73.3 Å². The predicted octanol–water partition coefficient (Wildman–Crippen LogP) is 3.91. The van der Waals surface area contributed by atoms with Gasteiger partial charge in [-0.2, -0.15) is 5.10 Å². The van der Waals surface area contributed by atoms with Crippen LogP contribution < -0.4 is 15.4 Å². The van der Waals surface area contributed by atoms with Crippen molar-refractivity contribution in [3.8, 4) is 17.0 Å². The summed E-state index contributed by atoms with van der Waals surface area (Å²) in [5, 5.41) is 19.4. The van der Waals surface area contributed by atoms with Crippen molar-refractivity contribution in [3.63, 3.8) is 0 Å². The molecular weight excluding hydrogens is 536 g/mol. The minimum atomic E-state index is -0.952. The Labute approximate surface area is 236 Å². The number of nitrogens with zero attached hydrogens (tertiary/aromatic N) is 4. The van der Waals surface area contributed by atoms with Gasteiger partial charge < -0.3 is 25.4 Å². The van der Waals surface area contributed by atoms with E-state index in [1.165, 1.54) is 0 Å². The zero-order chi connectivity index (χ0) is 28.2. The van der Waals surface area contributed by atoms with E-state index in [4.69, 9.17) is 21.4 Å². The van der Waals surface area contributed by atoms with Gasteiger partial charge in [0.25, 0.3) is 0 Å². The number of amides is 3. The molecular formula is C28H31ClN6O5. The zero-order valence-corrected chi connectivity index (χ0v) is 22.8. The molecule has 2 unspecified atom stereocenters. The summed E-state index contributed by atoms with van der Waals surface area (Å²) in [6, 6.07) is 14.2. The van der Waals surface area contributed by atoms with Gasteiger partial charge in [-0.1, -0.05) is 11.6 Å². The number of rotatable bonds is 10. The molecule has 210 valence electrons. The number of likely N-dealkylation sites (tertiary alicyclic amines) is 2. The summed E-state index contributed by atoms with van der Waals surface area (Å²) >= 11 is 5.92. The van der Waals surface area contributed by atoms with E-state index in [1.807, 2.05) is 30.1 Å². The fraction of sp³-hybridized carbons (Fsp3) is 0.357. The standard InChI is InChI=1S/C28H31ClN6O5/c1-33-24(10-11-30-33)23-14-20(32-28(39)31-19-4-2-18(29)3-5-19)6-7-25(23)40-13-12-34-16-22-15-21(34)17-35(22)26(36)8-9-27(37)38/h2-7,10-11,14,21-22H,8-9,12-13,15-17H2,1H3,(H,37,38)(H2,31,32,39). The van der Waals surface area contributed by atoms with E-state index in [-0.39, 0.29) is 36.9 Å². The number of halogens is 1. The van der Waals surface area contributed by atoms with E-state index >= 15 is 0 Å². The lowest BCUT2D eigenvalue weighted by Gasteiger charge is -2.34. The van der Waals surface area contributed by atoms with Crippen molar-refractivity contribution in [3.05, 3.63) is 59.8 Å². The molecule has 2 aliphatic rings. The number of aryl methyl sites for hydroxylation is 1. The molecule has 40 heavy (non-hydrogen) atoms. The van der Waals surface area contributed by atoms with Crippen LogP contribution in [0.3, 0.4) is 0 Å². The third-order valence-corrected chi connectivity index (χ3v) is 7.55. The largest absolute Gasteiger partial charge is 0.492 e. The number of fused-ring (bicyclic) bond motifs is 2. The molecule has 3 amide bonds. The maximum absolute atomic E-state index is 12.6. The summed E-state index contributed by atoms with van der Waals surface area (Å²) in [5.74, 6) is -0.365. The Morgan fingerprint density at radius 3 is 2.45 bits per heavy atom. The first kappa shape index (κ1) is 27.5. The van der Waals surface area contributed by atoms with E-state index in [2.05, 4.69) is 20.6 Å². The monoisotopic (exact) mass is 566 g/mol. The summed E-state index contributed by atoms with van der Waals surface area (Å²) in [7, 11) is 1.84. The Kier molecular flexibility index (Phi) is 8.22. The third kappa shape index (κ3) is 6.37. The van der Waals surface area contributed by atoms with Gasteiger partial charge in [0.05, 0.1) is 12.1 Å². The van der Waals surface area contributed by atoms with Crippen LogP contribution in [0.15, 0.2) is 54.7 Å². The highest BCUT2D eigenvalue weighted by Gasteiger charge is 2.44. The summed E-state index contributed by atoms with van der Waals surface area (Å²) in [4.78, 5) is 39.9. The number of hydrogen-bond donors (Lipinski definition) is 3. The lowest BCUT2D eigenvalue weighted by atomic mass is 10.1. The quantitative estimate of drug-likeness (QED) is 0.339. The average Bonchev–Trinajstić information content (AvgIpc) is 3.65. The van der Waals surface area contributed by atoms with Gasteiger partial charge >= 0.3 is 12.0 Å². The molecule has 2 aromatic carbocycles. The number of carboxylic acids is 1. The summed E-state index contributed by atoms with van der Waals surface area (Å²) in [6.07, 6.45) is 2.52. The SMILES string of the molecule is Cn1nccc1-c1cc(NC(=O)Nc2ccc(Cl)cc2)ccc1OCCN1CC2CC1CN2C(=O)CCC(=O)O. The number of ether oxygens (including phenoxy) is 1. The Morgan fingerprint density at radius 2 is 1.77 bits per heavy atom. The number of carbonyl (C=O) groups is 3. The van der Waals surface area contributed by atoms with E-state index < -0.39 is 5.97 Å². The number of carboxylic acid groups (broad SMARTS) is 1. The number of aromatic nitrogens is 2. The van der Waals surface area contributed by atoms with Gasteiger partial charge in [-0.3, -0.25) is 19.2 Å². The van der Waals surface area contributed by atoms with Gasteiger partial charge in [0.15, 0.2) is 0 Å². The van der Waals surface area contributed by atoms with E-state index in [9.17, 15) is 14.4 Å². The molecule has 2 atom stereocenters. The van der Waals surface area contributed by atoms with E-state index in [0.29, 0.717) is 41.8 Å². The lowest BCUT2D eigenvalue weighted by molar-refractivity contribution is -0.141.